The Morgan fingerprint density at radius 1 is 1.12 bits per heavy atom. The van der Waals surface area contributed by atoms with E-state index in [9.17, 15) is 18.3 Å². The Bertz CT molecular complexity index is 1100. The molecule has 2 saturated carbocycles. The first-order valence-electron chi connectivity index (χ1n) is 11.2. The van der Waals surface area contributed by atoms with E-state index in [4.69, 9.17) is 9.56 Å². The second-order valence-electron chi connectivity index (χ2n) is 9.93. The van der Waals surface area contributed by atoms with E-state index in [2.05, 4.69) is 19.2 Å². The molecule has 2 aliphatic rings. The minimum atomic E-state index is -4.31. The molecule has 1 aromatic carbocycles. The number of carbonyl (C=O) groups excluding carboxylic acids is 1. The van der Waals surface area contributed by atoms with Crippen molar-refractivity contribution in [3.8, 4) is 0 Å². The zero-order valence-corrected chi connectivity index (χ0v) is 19.8. The van der Waals surface area contributed by atoms with E-state index < -0.39 is 26.6 Å². The number of anilines is 1. The average Bonchev–Trinajstić information content (AvgIpc) is 3.62. The average molecular weight is 461 g/mol. The number of furan rings is 1. The molecular weight excluding hydrogens is 428 g/mol. The molecular formula is C24H32N2O5S. The zero-order chi connectivity index (χ0) is 23.4. The van der Waals surface area contributed by atoms with Crippen LogP contribution in [0.3, 0.4) is 0 Å². The summed E-state index contributed by atoms with van der Waals surface area (Å²) in [5.74, 6) is 1.05. The van der Waals surface area contributed by atoms with Crippen LogP contribution in [0.4, 0.5) is 5.69 Å². The fourth-order valence-corrected chi connectivity index (χ4v) is 5.25. The Kier molecular flexibility index (Phi) is 5.76. The Morgan fingerprint density at radius 3 is 2.03 bits per heavy atom. The van der Waals surface area contributed by atoms with E-state index in [0.717, 1.165) is 48.8 Å². The molecule has 4 N–H and O–H groups in total. The highest BCUT2D eigenvalue weighted by molar-refractivity contribution is 7.89. The van der Waals surface area contributed by atoms with E-state index >= 15 is 0 Å². The van der Waals surface area contributed by atoms with Crippen LogP contribution in [0, 0.1) is 11.8 Å². The minimum Gasteiger partial charge on any atom is -0.451 e. The van der Waals surface area contributed by atoms with Crippen molar-refractivity contribution >= 4 is 21.6 Å². The van der Waals surface area contributed by atoms with E-state index in [0.29, 0.717) is 11.8 Å². The standard InChI is InChI=1S/C24H32N2O5S/c1-13(15-8-9-15)17-6-5-7-18(14(2)16-10-11-16)21(17)26-22(27)20-19(24(3,4)28)12-31-23(20)32(25,29)30/h5-7,12-16,28H,8-11H2,1-4H3,(H,26,27)(H2,25,29,30)/t13-,14-/m0/s1. The highest BCUT2D eigenvalue weighted by atomic mass is 32.2. The molecule has 2 aliphatic carbocycles. The lowest BCUT2D eigenvalue weighted by atomic mass is 9.87. The monoisotopic (exact) mass is 460 g/mol. The number of amides is 1. The van der Waals surface area contributed by atoms with Gasteiger partial charge in [-0.05, 0) is 74.3 Å². The highest BCUT2D eigenvalue weighted by Crippen LogP contribution is 2.49. The summed E-state index contributed by atoms with van der Waals surface area (Å²) < 4.78 is 29.4. The second-order valence-corrected chi connectivity index (χ2v) is 11.4. The smallest absolute Gasteiger partial charge is 0.272 e. The first-order chi connectivity index (χ1) is 14.9. The third-order valence-corrected chi connectivity index (χ3v) is 7.73. The molecule has 2 atom stereocenters. The molecule has 1 heterocycles. The molecule has 0 saturated heterocycles. The normalized spacial score (nSPS) is 18.9. The van der Waals surface area contributed by atoms with E-state index in [1.807, 2.05) is 18.2 Å². The van der Waals surface area contributed by atoms with Crippen molar-refractivity contribution in [3.05, 3.63) is 46.7 Å². The second kappa shape index (κ2) is 8.01. The van der Waals surface area contributed by atoms with Gasteiger partial charge in [0.2, 0.25) is 5.09 Å². The largest absolute Gasteiger partial charge is 0.451 e. The molecule has 2 aromatic rings. The van der Waals surface area contributed by atoms with Gasteiger partial charge in [0.1, 0.15) is 5.56 Å². The first-order valence-corrected chi connectivity index (χ1v) is 12.8. The summed E-state index contributed by atoms with van der Waals surface area (Å²) in [5, 5.41) is 18.2. The number of benzene rings is 1. The SMILES string of the molecule is C[C@H](c1cccc([C@@H](C)C2CC2)c1NC(=O)c1c(C(C)(C)O)coc1S(N)(=O)=O)C1CC1. The molecule has 0 radical (unpaired) electrons. The number of nitrogens with one attached hydrogen (secondary N) is 1. The van der Waals surface area contributed by atoms with E-state index in [1.165, 1.54) is 13.8 Å². The van der Waals surface area contributed by atoms with Crippen molar-refractivity contribution in [2.45, 2.75) is 75.9 Å². The van der Waals surface area contributed by atoms with Crippen molar-refractivity contribution in [2.24, 2.45) is 17.0 Å². The van der Waals surface area contributed by atoms with Gasteiger partial charge in [0, 0.05) is 11.3 Å². The van der Waals surface area contributed by atoms with Gasteiger partial charge in [-0.25, -0.2) is 13.6 Å². The van der Waals surface area contributed by atoms with Crippen molar-refractivity contribution in [1.29, 1.82) is 0 Å². The van der Waals surface area contributed by atoms with Crippen LogP contribution in [-0.4, -0.2) is 19.4 Å². The fraction of sp³-hybridized carbons (Fsp3) is 0.542. The van der Waals surface area contributed by atoms with Crippen LogP contribution in [-0.2, 0) is 15.6 Å². The number of rotatable bonds is 8. The molecule has 0 aliphatic heterocycles. The van der Waals surface area contributed by atoms with Gasteiger partial charge >= 0.3 is 0 Å². The molecule has 0 spiro atoms. The summed E-state index contributed by atoms with van der Waals surface area (Å²) in [6.07, 6.45) is 5.74. The third-order valence-electron chi connectivity index (χ3n) is 6.91. The number of sulfonamides is 1. The van der Waals surface area contributed by atoms with Crippen LogP contribution in [0.1, 0.15) is 92.3 Å². The topological polar surface area (TPSA) is 123 Å². The van der Waals surface area contributed by atoms with Crippen LogP contribution >= 0.6 is 0 Å². The van der Waals surface area contributed by atoms with Gasteiger partial charge in [-0.15, -0.1) is 0 Å². The Hall–Kier alpha value is -2.16. The number of primary sulfonamides is 1. The maximum atomic E-state index is 13.5. The van der Waals surface area contributed by atoms with Crippen LogP contribution < -0.4 is 10.5 Å². The van der Waals surface area contributed by atoms with E-state index in [1.54, 1.807) is 0 Å². The van der Waals surface area contributed by atoms with Crippen molar-refractivity contribution < 1.29 is 22.7 Å². The quantitative estimate of drug-likeness (QED) is 0.538. The van der Waals surface area contributed by atoms with E-state index in [-0.39, 0.29) is 23.0 Å². The predicted octanol–water partition coefficient (Wildman–Crippen LogP) is 4.43. The predicted molar refractivity (Wildman–Crippen MR) is 122 cm³/mol. The highest BCUT2D eigenvalue weighted by Gasteiger charge is 2.37. The first kappa shape index (κ1) is 23.0. The lowest BCUT2D eigenvalue weighted by Gasteiger charge is -2.24. The van der Waals surface area contributed by atoms with Gasteiger partial charge in [-0.2, -0.15) is 0 Å². The summed E-state index contributed by atoms with van der Waals surface area (Å²) in [6.45, 7) is 7.27. The molecule has 0 bridgehead atoms. The van der Waals surface area contributed by atoms with Crippen molar-refractivity contribution in [3.63, 3.8) is 0 Å². The molecule has 1 aromatic heterocycles. The minimum absolute atomic E-state index is 0.0727. The summed E-state index contributed by atoms with van der Waals surface area (Å²) in [5.41, 5.74) is 1.17. The summed E-state index contributed by atoms with van der Waals surface area (Å²) in [4.78, 5) is 13.5. The number of nitrogens with two attached hydrogens (primary N) is 1. The number of aliphatic hydroxyl groups is 1. The van der Waals surface area contributed by atoms with Crippen molar-refractivity contribution in [2.75, 3.05) is 5.32 Å². The number of para-hydroxylation sites is 1. The van der Waals surface area contributed by atoms with Gasteiger partial charge in [-0.1, -0.05) is 32.0 Å². The number of hydrogen-bond acceptors (Lipinski definition) is 5. The molecule has 0 unspecified atom stereocenters. The van der Waals surface area contributed by atoms with Crippen LogP contribution in [0.5, 0.6) is 0 Å². The Labute approximate surface area is 189 Å². The maximum absolute atomic E-state index is 13.5. The summed E-state index contributed by atoms with van der Waals surface area (Å²) >= 11 is 0. The Morgan fingerprint density at radius 2 is 1.62 bits per heavy atom. The van der Waals surface area contributed by atoms with Gasteiger partial charge in [0.15, 0.2) is 0 Å². The lowest BCUT2D eigenvalue weighted by molar-refractivity contribution is 0.0754. The molecule has 2 fully saturated rings. The fourth-order valence-electron chi connectivity index (χ4n) is 4.58. The van der Waals surface area contributed by atoms with Crippen LogP contribution in [0.2, 0.25) is 0 Å². The third kappa shape index (κ3) is 4.49. The van der Waals surface area contributed by atoms with Crippen LogP contribution in [0.25, 0.3) is 0 Å². The number of carbonyl (C=O) groups is 1. The lowest BCUT2D eigenvalue weighted by Crippen LogP contribution is -2.25. The van der Waals surface area contributed by atoms with Crippen molar-refractivity contribution in [1.82, 2.24) is 0 Å². The zero-order valence-electron chi connectivity index (χ0n) is 19.0. The molecule has 7 nitrogen and oxygen atoms in total. The molecule has 32 heavy (non-hydrogen) atoms. The summed E-state index contributed by atoms with van der Waals surface area (Å²) in [6, 6.07) is 6.11. The van der Waals surface area contributed by atoms with Gasteiger partial charge in [0.25, 0.3) is 15.9 Å². The van der Waals surface area contributed by atoms with Gasteiger partial charge < -0.3 is 14.8 Å². The molecule has 174 valence electrons. The molecule has 1 amide bonds. The van der Waals surface area contributed by atoms with Gasteiger partial charge in [0.05, 0.1) is 11.9 Å². The van der Waals surface area contributed by atoms with Gasteiger partial charge in [-0.3, -0.25) is 4.79 Å². The molecule has 4 rings (SSSR count). The summed E-state index contributed by atoms with van der Waals surface area (Å²) in [7, 11) is -4.31. The Balaban J connectivity index is 1.81. The van der Waals surface area contributed by atoms with Crippen LogP contribution in [0.15, 0.2) is 34.0 Å². The maximum Gasteiger partial charge on any atom is 0.272 e. The molecule has 8 heteroatoms. The number of hydrogen-bond donors (Lipinski definition) is 3.